The van der Waals surface area contributed by atoms with Crippen LogP contribution in [0.4, 0.5) is 0 Å². The largest absolute Gasteiger partial charge is 0.503 e. The molecule has 164 valence electrons. The van der Waals surface area contributed by atoms with Crippen molar-refractivity contribution in [3.63, 3.8) is 0 Å². The zero-order valence-electron chi connectivity index (χ0n) is 17.8. The third-order valence-electron chi connectivity index (χ3n) is 5.73. The normalized spacial score (nSPS) is 16.0. The van der Waals surface area contributed by atoms with Crippen LogP contribution in [0.1, 0.15) is 27.7 Å². The van der Waals surface area contributed by atoms with Crippen LogP contribution in [0.15, 0.2) is 94.9 Å². The van der Waals surface area contributed by atoms with Gasteiger partial charge in [-0.2, -0.15) is 0 Å². The molecule has 33 heavy (non-hydrogen) atoms. The SMILES string of the molecule is COc1ccc(CN2C(=O)C(O)=C(C(=O)c3cc4ccccc4o3)C2c2ccncc2)cc1. The van der Waals surface area contributed by atoms with E-state index in [0.717, 1.165) is 10.9 Å². The fourth-order valence-corrected chi connectivity index (χ4v) is 4.10. The molecule has 2 aromatic heterocycles. The minimum absolute atomic E-state index is 0.0150. The van der Waals surface area contributed by atoms with Gasteiger partial charge >= 0.3 is 0 Å². The molecule has 7 heteroatoms. The third kappa shape index (κ3) is 3.63. The molecule has 0 radical (unpaired) electrons. The third-order valence-corrected chi connectivity index (χ3v) is 5.73. The van der Waals surface area contributed by atoms with Crippen molar-refractivity contribution in [1.82, 2.24) is 9.88 Å². The molecule has 1 aliphatic heterocycles. The first kappa shape index (κ1) is 20.5. The minimum atomic E-state index is -0.789. The highest BCUT2D eigenvalue weighted by Crippen LogP contribution is 2.40. The number of nitrogens with zero attached hydrogens (tertiary/aromatic N) is 2. The number of aromatic nitrogens is 1. The first-order valence-corrected chi connectivity index (χ1v) is 10.4. The van der Waals surface area contributed by atoms with E-state index in [1.54, 1.807) is 55.9 Å². The number of para-hydroxylation sites is 1. The molecule has 0 saturated heterocycles. The number of Topliss-reactive ketones (excluding diaryl/α,β-unsaturated/α-hetero) is 1. The Morgan fingerprint density at radius 3 is 2.52 bits per heavy atom. The lowest BCUT2D eigenvalue weighted by Gasteiger charge is -2.26. The van der Waals surface area contributed by atoms with Crippen LogP contribution < -0.4 is 4.74 Å². The summed E-state index contributed by atoms with van der Waals surface area (Å²) >= 11 is 0. The zero-order valence-corrected chi connectivity index (χ0v) is 17.8. The Hall–Kier alpha value is -4.39. The van der Waals surface area contributed by atoms with Gasteiger partial charge in [-0.15, -0.1) is 0 Å². The predicted molar refractivity (Wildman–Crippen MR) is 121 cm³/mol. The Bertz CT molecular complexity index is 1340. The number of methoxy groups -OCH3 is 1. The summed E-state index contributed by atoms with van der Waals surface area (Å²) in [6.07, 6.45) is 3.17. The number of hydrogen-bond donors (Lipinski definition) is 1. The quantitative estimate of drug-likeness (QED) is 0.440. The van der Waals surface area contributed by atoms with Crippen LogP contribution in [0.3, 0.4) is 0 Å². The van der Waals surface area contributed by atoms with Crippen LogP contribution in [0.2, 0.25) is 0 Å². The number of rotatable bonds is 6. The smallest absolute Gasteiger partial charge is 0.290 e. The van der Waals surface area contributed by atoms with E-state index in [-0.39, 0.29) is 17.9 Å². The van der Waals surface area contributed by atoms with Crippen LogP contribution >= 0.6 is 0 Å². The molecule has 5 rings (SSSR count). The van der Waals surface area contributed by atoms with Gasteiger partial charge < -0.3 is 19.2 Å². The van der Waals surface area contributed by atoms with Gasteiger partial charge in [-0.05, 0) is 47.5 Å². The number of ether oxygens (including phenoxy) is 1. The van der Waals surface area contributed by atoms with E-state index in [4.69, 9.17) is 9.15 Å². The Balaban J connectivity index is 1.56. The second kappa shape index (κ2) is 8.27. The summed E-state index contributed by atoms with van der Waals surface area (Å²) in [6.45, 7) is 0.191. The van der Waals surface area contributed by atoms with E-state index in [2.05, 4.69) is 4.98 Å². The summed E-state index contributed by atoms with van der Waals surface area (Å²) in [7, 11) is 1.58. The van der Waals surface area contributed by atoms with E-state index in [1.807, 2.05) is 30.3 Å². The van der Waals surface area contributed by atoms with Gasteiger partial charge in [-0.1, -0.05) is 30.3 Å². The van der Waals surface area contributed by atoms with Gasteiger partial charge in [-0.3, -0.25) is 14.6 Å². The molecule has 0 spiro atoms. The highest BCUT2D eigenvalue weighted by atomic mass is 16.5. The maximum absolute atomic E-state index is 13.5. The van der Waals surface area contributed by atoms with E-state index in [0.29, 0.717) is 16.9 Å². The van der Waals surface area contributed by atoms with Crippen LogP contribution in [0.25, 0.3) is 11.0 Å². The fraction of sp³-hybridized carbons (Fsp3) is 0.115. The maximum Gasteiger partial charge on any atom is 0.290 e. The van der Waals surface area contributed by atoms with E-state index < -0.39 is 23.5 Å². The zero-order chi connectivity index (χ0) is 22.9. The highest BCUT2D eigenvalue weighted by molar-refractivity contribution is 6.16. The Kier molecular flexibility index (Phi) is 5.14. The molecule has 4 aromatic rings. The maximum atomic E-state index is 13.5. The number of fused-ring (bicyclic) bond motifs is 1. The second-order valence-electron chi connectivity index (χ2n) is 7.70. The molecule has 0 bridgehead atoms. The molecular weight excluding hydrogens is 420 g/mol. The Morgan fingerprint density at radius 2 is 1.82 bits per heavy atom. The highest BCUT2D eigenvalue weighted by Gasteiger charge is 2.44. The Morgan fingerprint density at radius 1 is 1.09 bits per heavy atom. The van der Waals surface area contributed by atoms with Crippen LogP contribution in [0, 0.1) is 0 Å². The van der Waals surface area contributed by atoms with Gasteiger partial charge in [0.15, 0.2) is 11.5 Å². The fourth-order valence-electron chi connectivity index (χ4n) is 4.10. The lowest BCUT2D eigenvalue weighted by molar-refractivity contribution is -0.130. The molecule has 7 nitrogen and oxygen atoms in total. The molecule has 1 amide bonds. The van der Waals surface area contributed by atoms with Crippen molar-refractivity contribution < 1.29 is 23.8 Å². The van der Waals surface area contributed by atoms with Gasteiger partial charge in [0.05, 0.1) is 18.7 Å². The van der Waals surface area contributed by atoms with Gasteiger partial charge in [0, 0.05) is 24.3 Å². The monoisotopic (exact) mass is 440 g/mol. The molecule has 1 aliphatic rings. The minimum Gasteiger partial charge on any atom is -0.503 e. The molecule has 1 atom stereocenters. The average molecular weight is 440 g/mol. The topological polar surface area (TPSA) is 92.9 Å². The number of aliphatic hydroxyl groups excluding tert-OH is 1. The molecule has 0 aliphatic carbocycles. The van der Waals surface area contributed by atoms with E-state index in [1.165, 1.54) is 4.90 Å². The van der Waals surface area contributed by atoms with Crippen LogP contribution in [-0.4, -0.2) is 33.8 Å². The number of furan rings is 1. The van der Waals surface area contributed by atoms with Crippen molar-refractivity contribution in [1.29, 1.82) is 0 Å². The molecule has 0 fully saturated rings. The first-order valence-electron chi connectivity index (χ1n) is 10.4. The van der Waals surface area contributed by atoms with E-state index in [9.17, 15) is 14.7 Å². The average Bonchev–Trinajstić information content (AvgIpc) is 3.40. The molecule has 1 unspecified atom stereocenters. The number of benzene rings is 2. The van der Waals surface area contributed by atoms with Crippen molar-refractivity contribution in [2.75, 3.05) is 7.11 Å². The summed E-state index contributed by atoms with van der Waals surface area (Å²) in [4.78, 5) is 32.2. The standard InChI is InChI=1S/C26H20N2O5/c1-32-19-8-6-16(7-9-19)15-28-23(17-10-12-27-13-11-17)22(25(30)26(28)31)24(29)21-14-18-4-2-3-5-20(18)33-21/h2-14,23,30H,15H2,1H3. The number of carbonyl (C=O) groups excluding carboxylic acids is 2. The van der Waals surface area contributed by atoms with Gasteiger partial charge in [0.25, 0.3) is 5.91 Å². The lowest BCUT2D eigenvalue weighted by atomic mass is 9.95. The molecule has 0 saturated carbocycles. The van der Waals surface area contributed by atoms with E-state index >= 15 is 0 Å². The number of hydrogen-bond acceptors (Lipinski definition) is 6. The first-order chi connectivity index (χ1) is 16.1. The molecule has 3 heterocycles. The summed E-state index contributed by atoms with van der Waals surface area (Å²) in [5.74, 6) is -0.964. The number of aliphatic hydroxyl groups is 1. The second-order valence-corrected chi connectivity index (χ2v) is 7.70. The number of amides is 1. The molecule has 1 N–H and O–H groups in total. The molecular formula is C26H20N2O5. The number of carbonyl (C=O) groups is 2. The van der Waals surface area contributed by atoms with Crippen molar-refractivity contribution in [2.45, 2.75) is 12.6 Å². The van der Waals surface area contributed by atoms with Gasteiger partial charge in [0.2, 0.25) is 5.78 Å². The van der Waals surface area contributed by atoms with Crippen molar-refractivity contribution in [3.05, 3.63) is 107 Å². The summed E-state index contributed by atoms with van der Waals surface area (Å²) in [6, 6.07) is 18.8. The van der Waals surface area contributed by atoms with Gasteiger partial charge in [-0.25, -0.2) is 0 Å². The van der Waals surface area contributed by atoms with Crippen molar-refractivity contribution >= 4 is 22.7 Å². The van der Waals surface area contributed by atoms with Gasteiger partial charge in [0.1, 0.15) is 11.3 Å². The van der Waals surface area contributed by atoms with Crippen LogP contribution in [-0.2, 0) is 11.3 Å². The van der Waals surface area contributed by atoms with Crippen molar-refractivity contribution in [3.8, 4) is 5.75 Å². The van der Waals surface area contributed by atoms with Crippen molar-refractivity contribution in [2.24, 2.45) is 0 Å². The number of pyridine rings is 1. The Labute approximate surface area is 189 Å². The predicted octanol–water partition coefficient (Wildman–Crippen LogP) is 4.61. The summed E-state index contributed by atoms with van der Waals surface area (Å²) in [5.41, 5.74) is 2.03. The van der Waals surface area contributed by atoms with Crippen LogP contribution in [0.5, 0.6) is 5.75 Å². The summed E-state index contributed by atoms with van der Waals surface area (Å²) < 4.78 is 10.9. The summed E-state index contributed by atoms with van der Waals surface area (Å²) in [5, 5.41) is 11.6. The number of ketones is 1. The molecule has 2 aromatic carbocycles. The lowest BCUT2D eigenvalue weighted by Crippen LogP contribution is -2.30.